The number of benzene rings is 1. The lowest BCUT2D eigenvalue weighted by Gasteiger charge is -2.36. The van der Waals surface area contributed by atoms with Crippen molar-refractivity contribution in [3.8, 4) is 0 Å². The summed E-state index contributed by atoms with van der Waals surface area (Å²) in [5.41, 5.74) is 0.928. The predicted octanol–water partition coefficient (Wildman–Crippen LogP) is 1.71. The van der Waals surface area contributed by atoms with Gasteiger partial charge in [-0.15, -0.1) is 0 Å². The first-order valence-electron chi connectivity index (χ1n) is 7.04. The van der Waals surface area contributed by atoms with Gasteiger partial charge in [-0.3, -0.25) is 4.79 Å². The molecule has 118 valence electrons. The van der Waals surface area contributed by atoms with E-state index >= 15 is 0 Å². The fourth-order valence-corrected chi connectivity index (χ4v) is 2.52. The highest BCUT2D eigenvalue weighted by Gasteiger charge is 2.26. The van der Waals surface area contributed by atoms with Crippen LogP contribution in [-0.4, -0.2) is 49.9 Å². The van der Waals surface area contributed by atoms with E-state index in [-0.39, 0.29) is 4.90 Å². The number of ketones is 1. The normalized spacial score (nSPS) is 17.8. The van der Waals surface area contributed by atoms with Crippen LogP contribution in [0.3, 0.4) is 0 Å². The summed E-state index contributed by atoms with van der Waals surface area (Å²) in [5.74, 6) is 0.448. The topological polar surface area (TPSA) is 74.3 Å². The van der Waals surface area contributed by atoms with Crippen molar-refractivity contribution in [3.63, 3.8) is 0 Å². The molecule has 1 aromatic carbocycles. The molecule has 0 saturated carbocycles. The molecular formula is C15H23NO4S. The standard InChI is InChI=1S/C8H16NO.C7H8O3S/c1-3-9(2)6-4-8(10)5-7-9;1-6-2-4-7(5-3-6)11(8,9)10/h3-7H2,1-2H3;2-5H,1H3,(H,8,9,10)/q+1;/p-1. The Morgan fingerprint density at radius 3 is 2.00 bits per heavy atom. The van der Waals surface area contributed by atoms with E-state index in [4.69, 9.17) is 0 Å². The Morgan fingerprint density at radius 2 is 1.62 bits per heavy atom. The van der Waals surface area contributed by atoms with Gasteiger partial charge in [-0.05, 0) is 26.0 Å². The molecule has 21 heavy (non-hydrogen) atoms. The molecule has 0 unspecified atom stereocenters. The van der Waals surface area contributed by atoms with Gasteiger partial charge in [0, 0.05) is 0 Å². The maximum absolute atomic E-state index is 10.9. The molecule has 1 aromatic rings. The van der Waals surface area contributed by atoms with Crippen molar-refractivity contribution in [1.29, 1.82) is 0 Å². The number of carbonyl (C=O) groups is 1. The van der Waals surface area contributed by atoms with Gasteiger partial charge in [0.05, 0.1) is 44.4 Å². The monoisotopic (exact) mass is 313 g/mol. The number of aryl methyl sites for hydroxylation is 1. The number of piperidine rings is 1. The minimum atomic E-state index is -4.27. The molecule has 1 saturated heterocycles. The minimum Gasteiger partial charge on any atom is -0.744 e. The minimum absolute atomic E-state index is 0.178. The Kier molecular flexibility index (Phi) is 6.07. The van der Waals surface area contributed by atoms with E-state index in [1.165, 1.54) is 12.1 Å². The van der Waals surface area contributed by atoms with Crippen LogP contribution in [0.15, 0.2) is 29.2 Å². The van der Waals surface area contributed by atoms with Crippen molar-refractivity contribution >= 4 is 15.9 Å². The average Bonchev–Trinajstić information content (AvgIpc) is 2.43. The lowest BCUT2D eigenvalue weighted by atomic mass is 10.1. The fraction of sp³-hybridized carbons (Fsp3) is 0.533. The summed E-state index contributed by atoms with van der Waals surface area (Å²) in [7, 11) is -2.04. The van der Waals surface area contributed by atoms with Crippen LogP contribution in [-0.2, 0) is 14.9 Å². The second kappa shape index (κ2) is 7.15. The Morgan fingerprint density at radius 1 is 1.14 bits per heavy atom. The van der Waals surface area contributed by atoms with Crippen LogP contribution >= 0.6 is 0 Å². The lowest BCUT2D eigenvalue weighted by molar-refractivity contribution is -0.909. The highest BCUT2D eigenvalue weighted by molar-refractivity contribution is 7.85. The number of Topliss-reactive ketones (excluding diaryl/α,β-unsaturated/α-hetero) is 1. The number of hydrogen-bond acceptors (Lipinski definition) is 4. The number of likely N-dealkylation sites (tertiary alicyclic amines) is 1. The summed E-state index contributed by atoms with van der Waals surface area (Å²) in [6.07, 6.45) is 1.59. The first-order chi connectivity index (χ1) is 9.66. The van der Waals surface area contributed by atoms with Crippen LogP contribution in [0.4, 0.5) is 0 Å². The molecule has 0 bridgehead atoms. The van der Waals surface area contributed by atoms with E-state index < -0.39 is 10.1 Å². The lowest BCUT2D eigenvalue weighted by Crippen LogP contribution is -2.49. The van der Waals surface area contributed by atoms with Crippen molar-refractivity contribution in [2.45, 2.75) is 31.6 Å². The zero-order valence-electron chi connectivity index (χ0n) is 12.8. The largest absolute Gasteiger partial charge is 0.744 e. The molecule has 0 atom stereocenters. The number of carbonyl (C=O) groups excluding carboxylic acids is 1. The van der Waals surface area contributed by atoms with E-state index in [0.717, 1.165) is 42.5 Å². The fourth-order valence-electron chi connectivity index (χ4n) is 2.05. The zero-order chi connectivity index (χ0) is 16.1. The molecular weight excluding hydrogens is 290 g/mol. The molecule has 1 fully saturated rings. The Balaban J connectivity index is 0.000000211. The Hall–Kier alpha value is -1.24. The third-order valence-corrected chi connectivity index (χ3v) is 4.78. The van der Waals surface area contributed by atoms with E-state index in [1.807, 2.05) is 6.92 Å². The second-order valence-electron chi connectivity index (χ2n) is 5.69. The highest BCUT2D eigenvalue weighted by Crippen LogP contribution is 2.12. The number of hydrogen-bond donors (Lipinski definition) is 0. The number of nitrogens with zero attached hydrogens (tertiary/aromatic N) is 1. The summed E-state index contributed by atoms with van der Waals surface area (Å²) in [6, 6.07) is 5.78. The molecule has 2 rings (SSSR count). The summed E-state index contributed by atoms with van der Waals surface area (Å²) < 4.78 is 32.3. The first kappa shape index (κ1) is 17.8. The van der Waals surface area contributed by atoms with Crippen molar-refractivity contribution in [1.82, 2.24) is 0 Å². The Labute approximate surface area is 126 Å². The molecule has 1 heterocycles. The number of quaternary nitrogens is 1. The molecule has 1 aliphatic rings. The van der Waals surface area contributed by atoms with E-state index in [1.54, 1.807) is 12.1 Å². The number of rotatable bonds is 2. The maximum atomic E-state index is 10.9. The smallest absolute Gasteiger partial charge is 0.144 e. The van der Waals surface area contributed by atoms with Gasteiger partial charge in [0.15, 0.2) is 0 Å². The molecule has 0 N–H and O–H groups in total. The molecule has 0 radical (unpaired) electrons. The van der Waals surface area contributed by atoms with Crippen LogP contribution in [0.2, 0.25) is 0 Å². The molecule has 5 nitrogen and oxygen atoms in total. The summed E-state index contributed by atoms with van der Waals surface area (Å²) >= 11 is 0. The SMILES string of the molecule is CC[N+]1(C)CCC(=O)CC1.Cc1ccc(S(=O)(=O)[O-])cc1. The zero-order valence-corrected chi connectivity index (χ0v) is 13.6. The summed E-state index contributed by atoms with van der Waals surface area (Å²) in [4.78, 5) is 10.7. The van der Waals surface area contributed by atoms with Gasteiger partial charge in [0.25, 0.3) is 0 Å². The molecule has 0 spiro atoms. The molecule has 0 aliphatic carbocycles. The molecule has 0 amide bonds. The van der Waals surface area contributed by atoms with E-state index in [9.17, 15) is 17.8 Å². The third-order valence-electron chi connectivity index (χ3n) is 3.93. The van der Waals surface area contributed by atoms with Crippen molar-refractivity contribution in [2.75, 3.05) is 26.7 Å². The van der Waals surface area contributed by atoms with Crippen molar-refractivity contribution in [3.05, 3.63) is 29.8 Å². The quantitative estimate of drug-likeness (QED) is 0.615. The van der Waals surface area contributed by atoms with E-state index in [2.05, 4.69) is 14.0 Å². The second-order valence-corrected chi connectivity index (χ2v) is 7.07. The Bertz CT molecular complexity index is 568. The predicted molar refractivity (Wildman–Crippen MR) is 79.8 cm³/mol. The molecule has 1 aliphatic heterocycles. The highest BCUT2D eigenvalue weighted by atomic mass is 32.2. The van der Waals surface area contributed by atoms with Crippen LogP contribution in [0.1, 0.15) is 25.3 Å². The average molecular weight is 313 g/mol. The van der Waals surface area contributed by atoms with Crippen LogP contribution < -0.4 is 0 Å². The van der Waals surface area contributed by atoms with Crippen molar-refractivity contribution < 1.29 is 22.2 Å². The van der Waals surface area contributed by atoms with Gasteiger partial charge in [0.1, 0.15) is 15.9 Å². The van der Waals surface area contributed by atoms with Gasteiger partial charge in [-0.1, -0.05) is 17.7 Å². The van der Waals surface area contributed by atoms with Crippen LogP contribution in [0.5, 0.6) is 0 Å². The van der Waals surface area contributed by atoms with Gasteiger partial charge in [-0.2, -0.15) is 0 Å². The maximum Gasteiger partial charge on any atom is 0.144 e. The summed E-state index contributed by atoms with van der Waals surface area (Å²) in [6.45, 7) is 7.27. The van der Waals surface area contributed by atoms with E-state index in [0.29, 0.717) is 5.78 Å². The molecule has 6 heteroatoms. The first-order valence-corrected chi connectivity index (χ1v) is 8.45. The van der Waals surface area contributed by atoms with Crippen LogP contribution in [0.25, 0.3) is 0 Å². The summed E-state index contributed by atoms with van der Waals surface area (Å²) in [5, 5.41) is 0. The third kappa shape index (κ3) is 5.95. The van der Waals surface area contributed by atoms with Gasteiger partial charge >= 0.3 is 0 Å². The van der Waals surface area contributed by atoms with Gasteiger partial charge in [0.2, 0.25) is 0 Å². The van der Waals surface area contributed by atoms with Gasteiger partial charge < -0.3 is 9.04 Å². The van der Waals surface area contributed by atoms with Crippen LogP contribution in [0, 0.1) is 6.92 Å². The molecule has 0 aromatic heterocycles. The van der Waals surface area contributed by atoms with Crippen molar-refractivity contribution in [2.24, 2.45) is 0 Å². The van der Waals surface area contributed by atoms with Gasteiger partial charge in [-0.25, -0.2) is 8.42 Å².